The highest BCUT2D eigenvalue weighted by Crippen LogP contribution is 2.19. The Morgan fingerprint density at radius 1 is 1.21 bits per heavy atom. The van der Waals surface area contributed by atoms with Gasteiger partial charge in [-0.2, -0.15) is 0 Å². The number of nitrogens with one attached hydrogen (secondary N) is 2. The van der Waals surface area contributed by atoms with Gasteiger partial charge in [0.25, 0.3) is 0 Å². The first-order chi connectivity index (χ1) is 9.24. The first-order valence-corrected chi connectivity index (χ1v) is 6.21. The molecule has 2 aromatic rings. The summed E-state index contributed by atoms with van der Waals surface area (Å²) in [4.78, 5) is 12.8. The number of aryl methyl sites for hydroxylation is 1. The molecule has 0 saturated heterocycles. The van der Waals surface area contributed by atoms with Gasteiger partial charge in [-0.15, -0.1) is 0 Å². The summed E-state index contributed by atoms with van der Waals surface area (Å²) >= 11 is 0. The van der Waals surface area contributed by atoms with E-state index < -0.39 is 0 Å². The van der Waals surface area contributed by atoms with E-state index in [1.807, 2.05) is 32.0 Å². The highest BCUT2D eigenvalue weighted by Gasteiger charge is 2.08. The number of hydrogen-bond acceptors (Lipinski definition) is 6. The Hall–Kier alpha value is -2.21. The van der Waals surface area contributed by atoms with Crippen molar-refractivity contribution in [2.24, 2.45) is 5.84 Å². The van der Waals surface area contributed by atoms with Gasteiger partial charge in [-0.1, -0.05) is 13.0 Å². The second kappa shape index (κ2) is 6.10. The third-order valence-electron chi connectivity index (χ3n) is 2.82. The molecule has 0 radical (unpaired) electrons. The monoisotopic (exact) mass is 258 g/mol. The van der Waals surface area contributed by atoms with Gasteiger partial charge in [0.15, 0.2) is 0 Å². The van der Waals surface area contributed by atoms with Crippen LogP contribution < -0.4 is 16.6 Å². The molecule has 6 heteroatoms. The molecule has 0 aliphatic rings. The fourth-order valence-electron chi connectivity index (χ4n) is 1.90. The lowest BCUT2D eigenvalue weighted by atomic mass is 10.2. The molecule has 0 aliphatic heterocycles. The number of aromatic nitrogens is 3. The van der Waals surface area contributed by atoms with Gasteiger partial charge in [0.1, 0.15) is 18.0 Å². The van der Waals surface area contributed by atoms with Gasteiger partial charge in [0, 0.05) is 11.3 Å². The zero-order valence-electron chi connectivity index (χ0n) is 11.1. The van der Waals surface area contributed by atoms with E-state index in [4.69, 9.17) is 5.84 Å². The predicted octanol–water partition coefficient (Wildman–Crippen LogP) is 1.64. The number of nitrogens with zero attached hydrogens (tertiary/aromatic N) is 3. The average Bonchev–Trinajstić information content (AvgIpc) is 2.44. The molecule has 4 N–H and O–H groups in total. The summed E-state index contributed by atoms with van der Waals surface area (Å²) in [7, 11) is 0. The van der Waals surface area contributed by atoms with Crippen LogP contribution in [0.25, 0.3) is 0 Å². The van der Waals surface area contributed by atoms with Crippen LogP contribution in [-0.4, -0.2) is 15.0 Å². The Morgan fingerprint density at radius 3 is 2.68 bits per heavy atom. The zero-order chi connectivity index (χ0) is 13.7. The molecule has 100 valence electrons. The Balaban J connectivity index is 2.15. The summed E-state index contributed by atoms with van der Waals surface area (Å²) in [5, 5.41) is 3.27. The lowest BCUT2D eigenvalue weighted by molar-refractivity contribution is 0.971. The van der Waals surface area contributed by atoms with Gasteiger partial charge in [-0.05, 0) is 25.5 Å². The average molecular weight is 258 g/mol. The molecular formula is C13H18N6. The minimum atomic E-state index is 0.621. The maximum Gasteiger partial charge on any atom is 0.148 e. The van der Waals surface area contributed by atoms with Crippen LogP contribution in [-0.2, 0) is 13.0 Å². The quantitative estimate of drug-likeness (QED) is 0.558. The molecule has 0 fully saturated rings. The van der Waals surface area contributed by atoms with Gasteiger partial charge >= 0.3 is 0 Å². The van der Waals surface area contributed by atoms with E-state index >= 15 is 0 Å². The summed E-state index contributed by atoms with van der Waals surface area (Å²) < 4.78 is 0. The number of hydrogen-bond donors (Lipinski definition) is 3. The van der Waals surface area contributed by atoms with E-state index in [2.05, 4.69) is 25.7 Å². The summed E-state index contributed by atoms with van der Waals surface area (Å²) in [5.74, 6) is 6.88. The van der Waals surface area contributed by atoms with Crippen molar-refractivity contribution < 1.29 is 0 Å². The number of hydrazine groups is 1. The van der Waals surface area contributed by atoms with Gasteiger partial charge in [-0.25, -0.2) is 15.8 Å². The number of anilines is 2. The lowest BCUT2D eigenvalue weighted by Crippen LogP contribution is -2.14. The van der Waals surface area contributed by atoms with E-state index in [0.717, 1.165) is 29.2 Å². The minimum absolute atomic E-state index is 0.621. The number of pyridine rings is 1. The van der Waals surface area contributed by atoms with Crippen LogP contribution in [0.15, 0.2) is 24.5 Å². The second-order valence-corrected chi connectivity index (χ2v) is 4.17. The molecule has 0 bridgehead atoms. The molecule has 0 aromatic carbocycles. The Labute approximate surface area is 112 Å². The normalized spacial score (nSPS) is 10.3. The largest absolute Gasteiger partial charge is 0.364 e. The molecule has 2 heterocycles. The SMILES string of the molecule is CCc1c(NN)ncnc1NCc1cccc(C)n1. The van der Waals surface area contributed by atoms with Gasteiger partial charge in [0.2, 0.25) is 0 Å². The summed E-state index contributed by atoms with van der Waals surface area (Å²) in [6.45, 7) is 4.63. The fourth-order valence-corrected chi connectivity index (χ4v) is 1.90. The molecule has 0 atom stereocenters. The van der Waals surface area contributed by atoms with Crippen molar-refractivity contribution in [2.75, 3.05) is 10.7 Å². The van der Waals surface area contributed by atoms with Crippen LogP contribution in [0, 0.1) is 6.92 Å². The third kappa shape index (κ3) is 3.17. The molecular weight excluding hydrogens is 240 g/mol. The highest BCUT2D eigenvalue weighted by molar-refractivity contribution is 5.56. The minimum Gasteiger partial charge on any atom is -0.364 e. The zero-order valence-corrected chi connectivity index (χ0v) is 11.1. The number of nitrogens with two attached hydrogens (primary N) is 1. The van der Waals surface area contributed by atoms with Crippen molar-refractivity contribution in [1.82, 2.24) is 15.0 Å². The van der Waals surface area contributed by atoms with Crippen LogP contribution in [0.1, 0.15) is 23.9 Å². The molecule has 6 nitrogen and oxygen atoms in total. The van der Waals surface area contributed by atoms with Gasteiger partial charge in [-0.3, -0.25) is 4.98 Å². The van der Waals surface area contributed by atoms with Crippen LogP contribution in [0.3, 0.4) is 0 Å². The Morgan fingerprint density at radius 2 is 2.00 bits per heavy atom. The van der Waals surface area contributed by atoms with Gasteiger partial charge in [0.05, 0.1) is 12.2 Å². The standard InChI is InChI=1S/C13H18N6/c1-3-11-12(16-8-17-13(11)19-14)15-7-10-6-4-5-9(2)18-10/h4-6,8H,3,7,14H2,1-2H3,(H2,15,16,17,19). The van der Waals surface area contributed by atoms with E-state index in [0.29, 0.717) is 12.4 Å². The van der Waals surface area contributed by atoms with E-state index in [9.17, 15) is 0 Å². The van der Waals surface area contributed by atoms with Crippen LogP contribution in [0.5, 0.6) is 0 Å². The smallest absolute Gasteiger partial charge is 0.148 e. The molecule has 0 spiro atoms. The van der Waals surface area contributed by atoms with Crippen molar-refractivity contribution in [1.29, 1.82) is 0 Å². The van der Waals surface area contributed by atoms with Crippen molar-refractivity contribution in [3.63, 3.8) is 0 Å². The van der Waals surface area contributed by atoms with Crippen molar-refractivity contribution >= 4 is 11.6 Å². The fraction of sp³-hybridized carbons (Fsp3) is 0.308. The van der Waals surface area contributed by atoms with Gasteiger partial charge < -0.3 is 10.7 Å². The van der Waals surface area contributed by atoms with Crippen molar-refractivity contribution in [2.45, 2.75) is 26.8 Å². The summed E-state index contributed by atoms with van der Waals surface area (Å²) in [5.41, 5.74) is 5.53. The third-order valence-corrected chi connectivity index (χ3v) is 2.82. The number of rotatable bonds is 5. The molecule has 19 heavy (non-hydrogen) atoms. The molecule has 2 rings (SSSR count). The van der Waals surface area contributed by atoms with Crippen LogP contribution >= 0.6 is 0 Å². The topological polar surface area (TPSA) is 88.8 Å². The maximum absolute atomic E-state index is 5.44. The molecule has 0 aliphatic carbocycles. The molecule has 0 unspecified atom stereocenters. The summed E-state index contributed by atoms with van der Waals surface area (Å²) in [6.07, 6.45) is 2.28. The molecule has 0 saturated carbocycles. The van der Waals surface area contributed by atoms with E-state index in [-0.39, 0.29) is 0 Å². The van der Waals surface area contributed by atoms with Crippen LogP contribution in [0.4, 0.5) is 11.6 Å². The predicted molar refractivity (Wildman–Crippen MR) is 75.5 cm³/mol. The van der Waals surface area contributed by atoms with E-state index in [1.54, 1.807) is 0 Å². The van der Waals surface area contributed by atoms with Crippen molar-refractivity contribution in [3.8, 4) is 0 Å². The van der Waals surface area contributed by atoms with Crippen LogP contribution in [0.2, 0.25) is 0 Å². The highest BCUT2D eigenvalue weighted by atomic mass is 15.3. The molecule has 2 aromatic heterocycles. The Bertz CT molecular complexity index is 555. The maximum atomic E-state index is 5.44. The second-order valence-electron chi connectivity index (χ2n) is 4.17. The first kappa shape index (κ1) is 13.2. The van der Waals surface area contributed by atoms with Crippen molar-refractivity contribution in [3.05, 3.63) is 41.5 Å². The Kier molecular flexibility index (Phi) is 4.25. The summed E-state index contributed by atoms with van der Waals surface area (Å²) in [6, 6.07) is 5.95. The number of nitrogen functional groups attached to an aromatic ring is 1. The lowest BCUT2D eigenvalue weighted by Gasteiger charge is -2.12. The first-order valence-electron chi connectivity index (χ1n) is 6.21. The molecule has 0 amide bonds. The van der Waals surface area contributed by atoms with E-state index in [1.165, 1.54) is 6.33 Å².